The summed E-state index contributed by atoms with van der Waals surface area (Å²) in [6.07, 6.45) is 17.0. The van der Waals surface area contributed by atoms with Crippen LogP contribution in [0.1, 0.15) is 77.6 Å². The van der Waals surface area contributed by atoms with Crippen LogP contribution in [0.5, 0.6) is 0 Å². The van der Waals surface area contributed by atoms with Crippen molar-refractivity contribution in [2.75, 3.05) is 0 Å². The van der Waals surface area contributed by atoms with Crippen molar-refractivity contribution in [1.29, 1.82) is 0 Å². The van der Waals surface area contributed by atoms with Gasteiger partial charge in [0.2, 0.25) is 0 Å². The Morgan fingerprint density at radius 3 is 2.68 bits per heavy atom. The van der Waals surface area contributed by atoms with Gasteiger partial charge in [0.25, 0.3) is 0 Å². The highest BCUT2D eigenvalue weighted by Crippen LogP contribution is 2.48. The standard InChI is InChI=1S/C24H38O4/c1-3-14-24(15-9-16-24)22(26)12-8-11-20-19(18(2)17-21(20)25)10-6-4-5-7-13-23(27)28/h4,6,8,11,19-22,25-26H,2-3,5,7,9-10,12-17H2,1H3,(H,27,28)/t19-,20+,21?,22?/m0/s1. The highest BCUT2D eigenvalue weighted by Gasteiger charge is 2.42. The summed E-state index contributed by atoms with van der Waals surface area (Å²) < 4.78 is 0. The summed E-state index contributed by atoms with van der Waals surface area (Å²) in [5.41, 5.74) is 1.20. The van der Waals surface area contributed by atoms with Crippen LogP contribution in [0.25, 0.3) is 0 Å². The summed E-state index contributed by atoms with van der Waals surface area (Å²) in [5, 5.41) is 29.8. The molecule has 2 rings (SSSR count). The lowest BCUT2D eigenvalue weighted by Crippen LogP contribution is -2.41. The van der Waals surface area contributed by atoms with Gasteiger partial charge in [0.1, 0.15) is 0 Å². The second kappa shape index (κ2) is 11.0. The molecule has 4 atom stereocenters. The fourth-order valence-electron chi connectivity index (χ4n) is 4.91. The molecule has 3 N–H and O–H groups in total. The summed E-state index contributed by atoms with van der Waals surface area (Å²) in [7, 11) is 0. The maximum Gasteiger partial charge on any atom is 0.303 e. The maximum atomic E-state index is 10.7. The predicted molar refractivity (Wildman–Crippen MR) is 113 cm³/mol. The predicted octanol–water partition coefficient (Wildman–Crippen LogP) is 5.02. The van der Waals surface area contributed by atoms with Crippen molar-refractivity contribution in [1.82, 2.24) is 0 Å². The lowest BCUT2D eigenvalue weighted by molar-refractivity contribution is -0.137. The van der Waals surface area contributed by atoms with E-state index in [1.807, 2.05) is 6.08 Å². The number of unbranched alkanes of at least 4 members (excludes halogenated alkanes) is 1. The zero-order chi connectivity index (χ0) is 20.6. The molecule has 0 aromatic heterocycles. The van der Waals surface area contributed by atoms with Gasteiger partial charge in [-0.3, -0.25) is 4.79 Å². The molecule has 0 radical (unpaired) electrons. The molecule has 2 unspecified atom stereocenters. The molecule has 0 aromatic rings. The summed E-state index contributed by atoms with van der Waals surface area (Å²) >= 11 is 0. The Morgan fingerprint density at radius 1 is 1.32 bits per heavy atom. The van der Waals surface area contributed by atoms with Crippen LogP contribution in [0.3, 0.4) is 0 Å². The number of carboxylic acid groups (broad SMARTS) is 1. The van der Waals surface area contributed by atoms with Gasteiger partial charge in [0.15, 0.2) is 0 Å². The van der Waals surface area contributed by atoms with Crippen LogP contribution in [-0.2, 0) is 4.79 Å². The molecule has 0 heterocycles. The molecule has 0 saturated heterocycles. The van der Waals surface area contributed by atoms with Crippen LogP contribution in [0.4, 0.5) is 0 Å². The summed E-state index contributed by atoms with van der Waals surface area (Å²) in [4.78, 5) is 10.5. The molecule has 0 bridgehead atoms. The van der Waals surface area contributed by atoms with E-state index in [9.17, 15) is 15.0 Å². The second-order valence-corrected chi connectivity index (χ2v) is 8.75. The third kappa shape index (κ3) is 6.05. The summed E-state index contributed by atoms with van der Waals surface area (Å²) in [5.74, 6) is -0.491. The average Bonchev–Trinajstić information content (AvgIpc) is 2.87. The highest BCUT2D eigenvalue weighted by molar-refractivity contribution is 5.66. The van der Waals surface area contributed by atoms with Crippen molar-refractivity contribution in [2.24, 2.45) is 17.3 Å². The molecule has 2 aliphatic rings. The molecule has 4 heteroatoms. The molecule has 2 saturated carbocycles. The second-order valence-electron chi connectivity index (χ2n) is 8.75. The first-order valence-corrected chi connectivity index (χ1v) is 11.0. The van der Waals surface area contributed by atoms with Crippen molar-refractivity contribution < 1.29 is 20.1 Å². The Balaban J connectivity index is 1.85. The molecule has 0 amide bonds. The van der Waals surface area contributed by atoms with E-state index in [-0.39, 0.29) is 29.8 Å². The van der Waals surface area contributed by atoms with Crippen molar-refractivity contribution in [3.8, 4) is 0 Å². The fraction of sp³-hybridized carbons (Fsp3) is 0.708. The molecule has 0 aromatic carbocycles. The molecule has 2 aliphatic carbocycles. The normalized spacial score (nSPS) is 28.1. The molecule has 0 aliphatic heterocycles. The van der Waals surface area contributed by atoms with Crippen molar-refractivity contribution in [3.05, 3.63) is 36.5 Å². The van der Waals surface area contributed by atoms with Crippen LogP contribution in [0.2, 0.25) is 0 Å². The van der Waals surface area contributed by atoms with Crippen LogP contribution < -0.4 is 0 Å². The van der Waals surface area contributed by atoms with E-state index in [0.717, 1.165) is 44.1 Å². The van der Waals surface area contributed by atoms with Gasteiger partial charge in [-0.1, -0.05) is 56.2 Å². The summed E-state index contributed by atoms with van der Waals surface area (Å²) in [6, 6.07) is 0. The molecule has 0 spiro atoms. The van der Waals surface area contributed by atoms with Crippen molar-refractivity contribution in [3.63, 3.8) is 0 Å². The lowest BCUT2D eigenvalue weighted by atomic mass is 9.62. The van der Waals surface area contributed by atoms with E-state index in [1.165, 1.54) is 6.42 Å². The number of aliphatic carboxylic acids is 1. The number of carbonyl (C=O) groups is 1. The smallest absolute Gasteiger partial charge is 0.303 e. The lowest BCUT2D eigenvalue weighted by Gasteiger charge is -2.45. The van der Waals surface area contributed by atoms with E-state index < -0.39 is 12.1 Å². The number of allylic oxidation sites excluding steroid dienone is 2. The molecule has 4 nitrogen and oxygen atoms in total. The van der Waals surface area contributed by atoms with E-state index in [0.29, 0.717) is 19.3 Å². The third-order valence-electron chi connectivity index (χ3n) is 6.74. The third-order valence-corrected chi connectivity index (χ3v) is 6.74. The average molecular weight is 391 g/mol. The summed E-state index contributed by atoms with van der Waals surface area (Å²) in [6.45, 7) is 6.33. The van der Waals surface area contributed by atoms with E-state index in [2.05, 4.69) is 31.7 Å². The van der Waals surface area contributed by atoms with Gasteiger partial charge in [0.05, 0.1) is 12.2 Å². The molecular formula is C24H38O4. The first-order valence-electron chi connectivity index (χ1n) is 11.0. The minimum atomic E-state index is -0.754. The quantitative estimate of drug-likeness (QED) is 0.323. The SMILES string of the molecule is C=C1CC(O)[C@H](C=CCC(O)C2(CCC)CCC2)[C@H]1CC=CCCCC(=O)O. The van der Waals surface area contributed by atoms with E-state index in [1.54, 1.807) is 0 Å². The molecule has 28 heavy (non-hydrogen) atoms. The highest BCUT2D eigenvalue weighted by atomic mass is 16.4. The van der Waals surface area contributed by atoms with Gasteiger partial charge < -0.3 is 15.3 Å². The Morgan fingerprint density at radius 2 is 2.07 bits per heavy atom. The number of rotatable bonds is 12. The van der Waals surface area contributed by atoms with Crippen LogP contribution >= 0.6 is 0 Å². The van der Waals surface area contributed by atoms with Crippen LogP contribution in [0.15, 0.2) is 36.5 Å². The zero-order valence-electron chi connectivity index (χ0n) is 17.4. The maximum absolute atomic E-state index is 10.7. The van der Waals surface area contributed by atoms with Gasteiger partial charge >= 0.3 is 5.97 Å². The Bertz CT molecular complexity index is 573. The van der Waals surface area contributed by atoms with Gasteiger partial charge in [-0.05, 0) is 62.7 Å². The molecular weight excluding hydrogens is 352 g/mol. The topological polar surface area (TPSA) is 77.8 Å². The van der Waals surface area contributed by atoms with Gasteiger partial charge in [-0.15, -0.1) is 0 Å². The minimum absolute atomic E-state index is 0.0480. The number of hydrogen-bond donors (Lipinski definition) is 3. The Kier molecular flexibility index (Phi) is 8.97. The Hall–Kier alpha value is -1.39. The minimum Gasteiger partial charge on any atom is -0.481 e. The van der Waals surface area contributed by atoms with Crippen LogP contribution in [-0.4, -0.2) is 33.5 Å². The largest absolute Gasteiger partial charge is 0.481 e. The van der Waals surface area contributed by atoms with E-state index >= 15 is 0 Å². The number of hydrogen-bond acceptors (Lipinski definition) is 3. The Labute approximate surface area is 170 Å². The van der Waals surface area contributed by atoms with Gasteiger partial charge in [-0.25, -0.2) is 0 Å². The molecule has 158 valence electrons. The monoisotopic (exact) mass is 390 g/mol. The number of carboxylic acids is 1. The zero-order valence-corrected chi connectivity index (χ0v) is 17.4. The van der Waals surface area contributed by atoms with Gasteiger partial charge in [0, 0.05) is 12.3 Å². The first-order chi connectivity index (χ1) is 13.4. The fourth-order valence-corrected chi connectivity index (χ4v) is 4.91. The van der Waals surface area contributed by atoms with Gasteiger partial charge in [-0.2, -0.15) is 0 Å². The van der Waals surface area contributed by atoms with E-state index in [4.69, 9.17) is 5.11 Å². The first kappa shape index (κ1) is 22.9. The van der Waals surface area contributed by atoms with Crippen molar-refractivity contribution in [2.45, 2.75) is 89.8 Å². The molecule has 2 fully saturated rings. The van der Waals surface area contributed by atoms with Crippen molar-refractivity contribution >= 4 is 5.97 Å². The number of aliphatic hydroxyl groups is 2. The van der Waals surface area contributed by atoms with Crippen LogP contribution in [0, 0.1) is 17.3 Å². The number of aliphatic hydroxyl groups excluding tert-OH is 2.